The molecule has 1 aliphatic heterocycles. The highest BCUT2D eigenvalue weighted by Crippen LogP contribution is 2.13. The van der Waals surface area contributed by atoms with Gasteiger partial charge in [-0.25, -0.2) is 4.98 Å². The lowest BCUT2D eigenvalue weighted by atomic mass is 10.3. The third-order valence-electron chi connectivity index (χ3n) is 2.29. The first-order valence-corrected chi connectivity index (χ1v) is 4.69. The number of aliphatic hydroxyl groups excluding tert-OH is 1. The highest BCUT2D eigenvalue weighted by atomic mass is 16.5. The third-order valence-corrected chi connectivity index (χ3v) is 2.29. The smallest absolute Gasteiger partial charge is 0.0953 e. The second kappa shape index (κ2) is 4.54. The summed E-state index contributed by atoms with van der Waals surface area (Å²) < 4.78 is 12.7. The summed E-state index contributed by atoms with van der Waals surface area (Å²) in [6, 6.07) is 0.127. The molecule has 0 aromatic carbocycles. The molecule has 0 aliphatic carbocycles. The van der Waals surface area contributed by atoms with Gasteiger partial charge in [-0.2, -0.15) is 0 Å². The quantitative estimate of drug-likeness (QED) is 0.724. The molecule has 5 heteroatoms. The summed E-state index contributed by atoms with van der Waals surface area (Å²) in [6.07, 6.45) is 3.36. The largest absolute Gasteiger partial charge is 0.390 e. The number of aliphatic hydroxyl groups is 1. The Morgan fingerprint density at radius 2 is 2.14 bits per heavy atom. The van der Waals surface area contributed by atoms with Gasteiger partial charge >= 0.3 is 0 Å². The van der Waals surface area contributed by atoms with E-state index in [4.69, 9.17) is 14.6 Å². The fourth-order valence-electron chi connectivity index (χ4n) is 1.55. The molecule has 2 rings (SSSR count). The molecule has 0 bridgehead atoms. The van der Waals surface area contributed by atoms with E-state index in [1.54, 1.807) is 12.5 Å². The minimum absolute atomic E-state index is 0.00347. The van der Waals surface area contributed by atoms with Crippen molar-refractivity contribution in [3.8, 4) is 0 Å². The summed E-state index contributed by atoms with van der Waals surface area (Å²) in [5.41, 5.74) is 0.795. The van der Waals surface area contributed by atoms with Crippen LogP contribution in [-0.4, -0.2) is 41.1 Å². The summed E-state index contributed by atoms with van der Waals surface area (Å²) in [4.78, 5) is 3.99. The molecule has 0 amide bonds. The summed E-state index contributed by atoms with van der Waals surface area (Å²) in [5.74, 6) is 0. The number of hydrogen-bond donors (Lipinski definition) is 1. The van der Waals surface area contributed by atoms with Crippen molar-refractivity contribution in [2.75, 3.05) is 26.4 Å². The molecule has 1 fully saturated rings. The second-order valence-corrected chi connectivity index (χ2v) is 3.25. The predicted octanol–water partition coefficient (Wildman–Crippen LogP) is -0.0367. The molecule has 5 nitrogen and oxygen atoms in total. The summed E-state index contributed by atoms with van der Waals surface area (Å²) >= 11 is 0. The number of ether oxygens (including phenoxy) is 2. The van der Waals surface area contributed by atoms with Gasteiger partial charge in [0.2, 0.25) is 0 Å². The zero-order valence-corrected chi connectivity index (χ0v) is 7.93. The monoisotopic (exact) mass is 198 g/mol. The molecule has 0 unspecified atom stereocenters. The van der Waals surface area contributed by atoms with Crippen LogP contribution in [0.1, 0.15) is 11.7 Å². The molecule has 0 spiro atoms. The minimum Gasteiger partial charge on any atom is -0.390 e. The van der Waals surface area contributed by atoms with Gasteiger partial charge < -0.3 is 19.1 Å². The Bertz CT molecular complexity index is 279. The van der Waals surface area contributed by atoms with Crippen molar-refractivity contribution >= 4 is 0 Å². The molecule has 1 N–H and O–H groups in total. The molecule has 0 radical (unpaired) electrons. The third kappa shape index (κ3) is 1.95. The number of rotatable bonds is 2. The molecular weight excluding hydrogens is 184 g/mol. The van der Waals surface area contributed by atoms with E-state index in [1.165, 1.54) is 0 Å². The van der Waals surface area contributed by atoms with E-state index in [1.807, 2.05) is 4.57 Å². The molecule has 1 saturated heterocycles. The fraction of sp³-hybridized carbons (Fsp3) is 0.667. The maximum absolute atomic E-state index is 9.07. The average Bonchev–Trinajstić information content (AvgIpc) is 2.52. The highest BCUT2D eigenvalue weighted by molar-refractivity contribution is 4.98. The van der Waals surface area contributed by atoms with Gasteiger partial charge in [0.05, 0.1) is 57.3 Å². The van der Waals surface area contributed by atoms with Crippen molar-refractivity contribution < 1.29 is 14.6 Å². The molecule has 0 atom stereocenters. The second-order valence-electron chi connectivity index (χ2n) is 3.25. The Labute approximate surface area is 82.3 Å². The van der Waals surface area contributed by atoms with Crippen LogP contribution in [0.3, 0.4) is 0 Å². The van der Waals surface area contributed by atoms with Crippen LogP contribution in [-0.2, 0) is 16.1 Å². The predicted molar refractivity (Wildman–Crippen MR) is 48.8 cm³/mol. The summed E-state index contributed by atoms with van der Waals surface area (Å²) in [5, 5.41) is 9.07. The fourth-order valence-corrected chi connectivity index (χ4v) is 1.55. The maximum Gasteiger partial charge on any atom is 0.0953 e. The van der Waals surface area contributed by atoms with E-state index in [0.29, 0.717) is 26.4 Å². The minimum atomic E-state index is -0.00347. The van der Waals surface area contributed by atoms with Gasteiger partial charge in [-0.3, -0.25) is 0 Å². The molecule has 2 heterocycles. The topological polar surface area (TPSA) is 56.5 Å². The lowest BCUT2D eigenvalue weighted by Crippen LogP contribution is -2.19. The molecule has 1 aliphatic rings. The molecule has 1 aromatic rings. The number of hydrogen-bond acceptors (Lipinski definition) is 4. The van der Waals surface area contributed by atoms with Gasteiger partial charge in [-0.05, 0) is 0 Å². The van der Waals surface area contributed by atoms with Crippen LogP contribution in [0, 0.1) is 0 Å². The van der Waals surface area contributed by atoms with Crippen LogP contribution in [0.25, 0.3) is 0 Å². The van der Waals surface area contributed by atoms with Crippen molar-refractivity contribution in [2.24, 2.45) is 0 Å². The van der Waals surface area contributed by atoms with Crippen molar-refractivity contribution in [3.05, 3.63) is 18.2 Å². The summed E-state index contributed by atoms with van der Waals surface area (Å²) in [6.45, 7) is 2.50. The van der Waals surface area contributed by atoms with Crippen LogP contribution in [0.2, 0.25) is 0 Å². The molecule has 0 saturated carbocycles. The Hall–Kier alpha value is -0.910. The standard InChI is InChI=1S/C9H14N2O3/c12-4-8-3-10-7-11(8)9-5-13-1-2-14-6-9/h3,7,9,12H,1-2,4-6H2. The van der Waals surface area contributed by atoms with E-state index in [2.05, 4.69) is 4.98 Å². The first kappa shape index (κ1) is 9.64. The highest BCUT2D eigenvalue weighted by Gasteiger charge is 2.16. The Morgan fingerprint density at radius 1 is 1.43 bits per heavy atom. The van der Waals surface area contributed by atoms with Gasteiger partial charge in [0.25, 0.3) is 0 Å². The lowest BCUT2D eigenvalue weighted by molar-refractivity contribution is 0.103. The van der Waals surface area contributed by atoms with Crippen molar-refractivity contribution in [1.82, 2.24) is 9.55 Å². The van der Waals surface area contributed by atoms with Gasteiger partial charge in [0.1, 0.15) is 0 Å². The molecule has 14 heavy (non-hydrogen) atoms. The first-order chi connectivity index (χ1) is 6.92. The van der Waals surface area contributed by atoms with E-state index < -0.39 is 0 Å². The van der Waals surface area contributed by atoms with Gasteiger partial charge in [0, 0.05) is 0 Å². The number of imidazole rings is 1. The Morgan fingerprint density at radius 3 is 2.79 bits per heavy atom. The van der Waals surface area contributed by atoms with E-state index in [9.17, 15) is 0 Å². The van der Waals surface area contributed by atoms with Gasteiger partial charge in [-0.15, -0.1) is 0 Å². The SMILES string of the molecule is OCc1cncn1C1COCCOC1. The van der Waals surface area contributed by atoms with Crippen molar-refractivity contribution in [2.45, 2.75) is 12.6 Å². The molecule has 1 aromatic heterocycles. The Balaban J connectivity index is 2.11. The Kier molecular flexibility index (Phi) is 3.13. The molecular formula is C9H14N2O3. The van der Waals surface area contributed by atoms with Crippen LogP contribution < -0.4 is 0 Å². The van der Waals surface area contributed by atoms with E-state index in [0.717, 1.165) is 5.69 Å². The normalized spacial score (nSPS) is 19.5. The van der Waals surface area contributed by atoms with Gasteiger partial charge in [0.15, 0.2) is 0 Å². The molecule has 78 valence electrons. The zero-order chi connectivity index (χ0) is 9.80. The first-order valence-electron chi connectivity index (χ1n) is 4.69. The average molecular weight is 198 g/mol. The summed E-state index contributed by atoms with van der Waals surface area (Å²) in [7, 11) is 0. The van der Waals surface area contributed by atoms with Crippen LogP contribution >= 0.6 is 0 Å². The van der Waals surface area contributed by atoms with Crippen LogP contribution in [0.5, 0.6) is 0 Å². The zero-order valence-electron chi connectivity index (χ0n) is 7.93. The number of nitrogens with zero attached hydrogens (tertiary/aromatic N) is 2. The lowest BCUT2D eigenvalue weighted by Gasteiger charge is -2.16. The van der Waals surface area contributed by atoms with Crippen LogP contribution in [0.15, 0.2) is 12.5 Å². The van der Waals surface area contributed by atoms with Gasteiger partial charge in [-0.1, -0.05) is 0 Å². The number of aromatic nitrogens is 2. The van der Waals surface area contributed by atoms with Crippen molar-refractivity contribution in [3.63, 3.8) is 0 Å². The maximum atomic E-state index is 9.07. The van der Waals surface area contributed by atoms with Crippen molar-refractivity contribution in [1.29, 1.82) is 0 Å². The van der Waals surface area contributed by atoms with E-state index >= 15 is 0 Å². The van der Waals surface area contributed by atoms with Crippen LogP contribution in [0.4, 0.5) is 0 Å². The van der Waals surface area contributed by atoms with E-state index in [-0.39, 0.29) is 12.6 Å².